The molecular formula is C12H19BrN2O. The van der Waals surface area contributed by atoms with E-state index in [0.29, 0.717) is 12.3 Å². The van der Waals surface area contributed by atoms with Gasteiger partial charge in [-0.25, -0.2) is 4.98 Å². The number of hydrogen-bond donors (Lipinski definition) is 1. The fourth-order valence-corrected chi connectivity index (χ4v) is 3.46. The summed E-state index contributed by atoms with van der Waals surface area (Å²) in [4.78, 5) is 4.49. The molecule has 0 radical (unpaired) electrons. The molecule has 0 aliphatic heterocycles. The van der Waals surface area contributed by atoms with Crippen molar-refractivity contribution in [2.45, 2.75) is 44.4 Å². The van der Waals surface area contributed by atoms with E-state index in [1.54, 1.807) is 0 Å². The van der Waals surface area contributed by atoms with Gasteiger partial charge in [0.2, 0.25) is 0 Å². The predicted molar refractivity (Wildman–Crippen MR) is 67.5 cm³/mol. The molecule has 90 valence electrons. The summed E-state index contributed by atoms with van der Waals surface area (Å²) >= 11 is 3.56. The number of halogens is 1. The molecule has 1 aromatic heterocycles. The topological polar surface area (TPSA) is 38.0 Å². The van der Waals surface area contributed by atoms with Crippen molar-refractivity contribution in [1.82, 2.24) is 9.55 Å². The lowest BCUT2D eigenvalue weighted by atomic mass is 9.87. The van der Waals surface area contributed by atoms with Crippen molar-refractivity contribution in [3.8, 4) is 0 Å². The molecule has 1 aromatic rings. The van der Waals surface area contributed by atoms with Gasteiger partial charge in [-0.15, -0.1) is 0 Å². The molecule has 0 spiro atoms. The lowest BCUT2D eigenvalue weighted by Gasteiger charge is -2.22. The minimum atomic E-state index is 0.168. The summed E-state index contributed by atoms with van der Waals surface area (Å²) in [5, 5.41) is 8.99. The first-order chi connectivity index (χ1) is 7.74. The maximum Gasteiger partial charge on any atom is 0.127 e. The molecule has 4 heteroatoms. The highest BCUT2D eigenvalue weighted by atomic mass is 79.9. The van der Waals surface area contributed by atoms with E-state index >= 15 is 0 Å². The van der Waals surface area contributed by atoms with Crippen LogP contribution >= 0.6 is 15.9 Å². The van der Waals surface area contributed by atoms with E-state index in [2.05, 4.69) is 32.5 Å². The number of imidazole rings is 1. The number of hydrogen-bond acceptors (Lipinski definition) is 2. The maximum absolute atomic E-state index is 8.99. The molecule has 2 rings (SSSR count). The summed E-state index contributed by atoms with van der Waals surface area (Å²) in [6.07, 6.45) is 7.22. The summed E-state index contributed by atoms with van der Waals surface area (Å²) in [5.74, 6) is 1.63. The van der Waals surface area contributed by atoms with Crippen LogP contribution in [0.5, 0.6) is 0 Å². The molecule has 1 saturated carbocycles. The zero-order chi connectivity index (χ0) is 11.5. The van der Waals surface area contributed by atoms with Crippen LogP contribution in [0.4, 0.5) is 0 Å². The number of nitrogens with zero attached hydrogens (tertiary/aromatic N) is 2. The van der Waals surface area contributed by atoms with Crippen molar-refractivity contribution < 1.29 is 5.11 Å². The molecular weight excluding hydrogens is 268 g/mol. The Labute approximate surface area is 105 Å². The number of aliphatic hydroxyl groups excluding tert-OH is 1. The van der Waals surface area contributed by atoms with Crippen LogP contribution in [-0.4, -0.2) is 21.3 Å². The second-order valence-corrected chi connectivity index (χ2v) is 5.32. The van der Waals surface area contributed by atoms with Gasteiger partial charge in [-0.05, 0) is 28.8 Å². The first kappa shape index (κ1) is 12.1. The van der Waals surface area contributed by atoms with Crippen molar-refractivity contribution >= 4 is 15.9 Å². The average molecular weight is 287 g/mol. The highest BCUT2D eigenvalue weighted by Gasteiger charge is 2.23. The highest BCUT2D eigenvalue weighted by Crippen LogP contribution is 2.36. The molecule has 0 amide bonds. The lowest BCUT2D eigenvalue weighted by Crippen LogP contribution is -2.11. The monoisotopic (exact) mass is 286 g/mol. The van der Waals surface area contributed by atoms with Gasteiger partial charge in [-0.3, -0.25) is 0 Å². The van der Waals surface area contributed by atoms with Gasteiger partial charge in [-0.1, -0.05) is 19.3 Å². The molecule has 1 aliphatic carbocycles. The van der Waals surface area contributed by atoms with Gasteiger partial charge in [0.1, 0.15) is 10.4 Å². The summed E-state index contributed by atoms with van der Waals surface area (Å²) in [5.41, 5.74) is 1.32. The fourth-order valence-electron chi connectivity index (χ4n) is 2.66. The lowest BCUT2D eigenvalue weighted by molar-refractivity contribution is 0.295. The van der Waals surface area contributed by atoms with Gasteiger partial charge in [0, 0.05) is 19.4 Å². The molecule has 16 heavy (non-hydrogen) atoms. The third-order valence-electron chi connectivity index (χ3n) is 3.51. The van der Waals surface area contributed by atoms with Crippen molar-refractivity contribution in [1.29, 1.82) is 0 Å². The Morgan fingerprint density at radius 3 is 2.69 bits per heavy atom. The van der Waals surface area contributed by atoms with Crippen molar-refractivity contribution in [2.75, 3.05) is 6.61 Å². The van der Waals surface area contributed by atoms with Gasteiger partial charge in [0.15, 0.2) is 0 Å². The van der Waals surface area contributed by atoms with E-state index in [9.17, 15) is 0 Å². The molecule has 0 bridgehead atoms. The first-order valence-corrected chi connectivity index (χ1v) is 6.85. The summed E-state index contributed by atoms with van der Waals surface area (Å²) in [6.45, 7) is 0.168. The molecule has 0 aromatic carbocycles. The molecule has 0 unspecified atom stereocenters. The Morgan fingerprint density at radius 2 is 2.06 bits per heavy atom. The van der Waals surface area contributed by atoms with Crippen molar-refractivity contribution in [3.05, 3.63) is 16.1 Å². The van der Waals surface area contributed by atoms with Crippen LogP contribution in [0.3, 0.4) is 0 Å². The van der Waals surface area contributed by atoms with E-state index < -0.39 is 0 Å². The molecule has 0 saturated heterocycles. The van der Waals surface area contributed by atoms with Crippen LogP contribution in [0, 0.1) is 0 Å². The number of rotatable bonds is 3. The van der Waals surface area contributed by atoms with E-state index in [1.165, 1.54) is 37.8 Å². The number of aliphatic hydroxyl groups is 1. The molecule has 3 nitrogen and oxygen atoms in total. The van der Waals surface area contributed by atoms with E-state index in [-0.39, 0.29) is 6.61 Å². The van der Waals surface area contributed by atoms with E-state index in [1.807, 2.05) is 0 Å². The zero-order valence-electron chi connectivity index (χ0n) is 9.75. The predicted octanol–water partition coefficient (Wildman–Crippen LogP) is 2.77. The van der Waals surface area contributed by atoms with Gasteiger partial charge < -0.3 is 9.67 Å². The molecule has 1 heterocycles. The molecule has 0 atom stereocenters. The second kappa shape index (κ2) is 5.32. The average Bonchev–Trinajstić information content (AvgIpc) is 2.56. The summed E-state index contributed by atoms with van der Waals surface area (Å²) in [7, 11) is 2.06. The second-order valence-electron chi connectivity index (χ2n) is 4.57. The van der Waals surface area contributed by atoms with Crippen LogP contribution < -0.4 is 0 Å². The van der Waals surface area contributed by atoms with Gasteiger partial charge in [0.25, 0.3) is 0 Å². The van der Waals surface area contributed by atoms with Crippen LogP contribution in [-0.2, 0) is 13.5 Å². The molecule has 1 N–H and O–H groups in total. The van der Waals surface area contributed by atoms with Crippen LogP contribution in [0.2, 0.25) is 0 Å². The van der Waals surface area contributed by atoms with Crippen molar-refractivity contribution in [2.24, 2.45) is 7.05 Å². The minimum absolute atomic E-state index is 0.168. The smallest absolute Gasteiger partial charge is 0.127 e. The highest BCUT2D eigenvalue weighted by molar-refractivity contribution is 9.10. The summed E-state index contributed by atoms with van der Waals surface area (Å²) in [6, 6.07) is 0. The van der Waals surface area contributed by atoms with Crippen LogP contribution in [0.15, 0.2) is 4.60 Å². The maximum atomic E-state index is 8.99. The standard InChI is InChI=1S/C12H19BrN2O/c1-15-10(7-8-16)14-12(13)11(15)9-5-3-2-4-6-9/h9,16H,2-8H2,1H3. The Bertz CT molecular complexity index is 356. The normalized spacial score (nSPS) is 17.9. The number of aromatic nitrogens is 2. The Balaban J connectivity index is 2.24. The minimum Gasteiger partial charge on any atom is -0.396 e. The van der Waals surface area contributed by atoms with Crippen LogP contribution in [0.25, 0.3) is 0 Å². The largest absolute Gasteiger partial charge is 0.396 e. The summed E-state index contributed by atoms with van der Waals surface area (Å²) < 4.78 is 3.14. The SMILES string of the molecule is Cn1c(CCO)nc(Br)c1C1CCCCC1. The van der Waals surface area contributed by atoms with Crippen LogP contribution in [0.1, 0.15) is 49.5 Å². The quantitative estimate of drug-likeness (QED) is 0.928. The first-order valence-electron chi connectivity index (χ1n) is 6.06. The van der Waals surface area contributed by atoms with Gasteiger partial charge >= 0.3 is 0 Å². The Morgan fingerprint density at radius 1 is 1.38 bits per heavy atom. The van der Waals surface area contributed by atoms with Crippen molar-refractivity contribution in [3.63, 3.8) is 0 Å². The zero-order valence-corrected chi connectivity index (χ0v) is 11.3. The molecule has 1 fully saturated rings. The van der Waals surface area contributed by atoms with Gasteiger partial charge in [-0.2, -0.15) is 0 Å². The van der Waals surface area contributed by atoms with E-state index in [0.717, 1.165) is 10.4 Å². The molecule has 1 aliphatic rings. The van der Waals surface area contributed by atoms with Gasteiger partial charge in [0.05, 0.1) is 12.3 Å². The fraction of sp³-hybridized carbons (Fsp3) is 0.750. The Hall–Kier alpha value is -0.350. The third-order valence-corrected chi connectivity index (χ3v) is 4.10. The third kappa shape index (κ3) is 2.33. The Kier molecular flexibility index (Phi) is 4.03. The van der Waals surface area contributed by atoms with E-state index in [4.69, 9.17) is 5.11 Å².